The second-order valence-corrected chi connectivity index (χ2v) is 6.95. The summed E-state index contributed by atoms with van der Waals surface area (Å²) in [7, 11) is 0. The van der Waals surface area contributed by atoms with Gasteiger partial charge in [-0.2, -0.15) is 0 Å². The molecule has 0 atom stereocenters. The lowest BCUT2D eigenvalue weighted by Crippen LogP contribution is -2.17. The Bertz CT molecular complexity index is 947. The lowest BCUT2D eigenvalue weighted by Gasteiger charge is -2.17. The van der Waals surface area contributed by atoms with Crippen molar-refractivity contribution in [3.05, 3.63) is 72.1 Å². The van der Waals surface area contributed by atoms with E-state index in [-0.39, 0.29) is 5.91 Å². The van der Waals surface area contributed by atoms with Crippen LogP contribution >= 0.6 is 0 Å². The van der Waals surface area contributed by atoms with Gasteiger partial charge in [-0.25, -0.2) is 9.97 Å². The third-order valence-corrected chi connectivity index (χ3v) is 4.79. The standard InChI is InChI=1S/C22H23N5O/c1-16-4-6-17(7-5-16)24-21(28)20-12-13-23-22(26-20)25-18-8-10-19(11-9-18)27-14-2-3-15-27/h4-13H,2-3,14-15H2,1H3,(H,24,28)(H,23,25,26). The molecule has 1 amide bonds. The summed E-state index contributed by atoms with van der Waals surface area (Å²) in [6.45, 7) is 4.24. The van der Waals surface area contributed by atoms with Gasteiger partial charge in [0.05, 0.1) is 0 Å². The molecule has 4 rings (SSSR count). The number of aryl methyl sites for hydroxylation is 1. The molecule has 6 nitrogen and oxygen atoms in total. The van der Waals surface area contributed by atoms with Crippen LogP contribution in [0.25, 0.3) is 0 Å². The van der Waals surface area contributed by atoms with Gasteiger partial charge >= 0.3 is 0 Å². The van der Waals surface area contributed by atoms with Crippen molar-refractivity contribution in [2.24, 2.45) is 0 Å². The van der Waals surface area contributed by atoms with Gasteiger partial charge in [0.2, 0.25) is 5.95 Å². The number of hydrogen-bond acceptors (Lipinski definition) is 5. The first-order chi connectivity index (χ1) is 13.7. The molecule has 2 N–H and O–H groups in total. The first kappa shape index (κ1) is 18.0. The number of nitrogens with one attached hydrogen (secondary N) is 2. The maximum absolute atomic E-state index is 12.5. The zero-order valence-electron chi connectivity index (χ0n) is 15.9. The number of rotatable bonds is 5. The largest absolute Gasteiger partial charge is 0.372 e. The van der Waals surface area contributed by atoms with Crippen molar-refractivity contribution in [3.8, 4) is 0 Å². The van der Waals surface area contributed by atoms with Crippen LogP contribution in [0.2, 0.25) is 0 Å². The average Bonchev–Trinajstić information content (AvgIpc) is 3.25. The molecule has 1 fully saturated rings. The smallest absolute Gasteiger partial charge is 0.274 e. The van der Waals surface area contributed by atoms with Crippen LogP contribution in [0.1, 0.15) is 28.9 Å². The first-order valence-electron chi connectivity index (χ1n) is 9.50. The zero-order chi connectivity index (χ0) is 19.3. The maximum Gasteiger partial charge on any atom is 0.274 e. The molecule has 0 unspecified atom stereocenters. The number of hydrogen-bond donors (Lipinski definition) is 2. The molecule has 1 aliphatic rings. The molecule has 28 heavy (non-hydrogen) atoms. The summed E-state index contributed by atoms with van der Waals surface area (Å²) in [5.41, 5.74) is 4.31. The summed E-state index contributed by atoms with van der Waals surface area (Å²) in [5, 5.41) is 6.02. The molecule has 142 valence electrons. The molecule has 0 saturated carbocycles. The minimum atomic E-state index is -0.265. The van der Waals surface area contributed by atoms with E-state index in [4.69, 9.17) is 0 Å². The monoisotopic (exact) mass is 373 g/mol. The molecule has 1 saturated heterocycles. The summed E-state index contributed by atoms with van der Waals surface area (Å²) < 4.78 is 0. The summed E-state index contributed by atoms with van der Waals surface area (Å²) in [5.74, 6) is 0.129. The minimum absolute atomic E-state index is 0.265. The maximum atomic E-state index is 12.5. The Labute approximate surface area is 164 Å². The van der Waals surface area contributed by atoms with Crippen molar-refractivity contribution in [1.29, 1.82) is 0 Å². The number of carbonyl (C=O) groups is 1. The Morgan fingerprint density at radius 2 is 1.61 bits per heavy atom. The van der Waals surface area contributed by atoms with Gasteiger partial charge in [0.15, 0.2) is 0 Å². The Morgan fingerprint density at radius 1 is 0.929 bits per heavy atom. The van der Waals surface area contributed by atoms with Crippen LogP contribution < -0.4 is 15.5 Å². The first-order valence-corrected chi connectivity index (χ1v) is 9.50. The average molecular weight is 373 g/mol. The third-order valence-electron chi connectivity index (χ3n) is 4.79. The molecule has 0 aliphatic carbocycles. The summed E-state index contributed by atoms with van der Waals surface area (Å²) in [6, 6.07) is 17.5. The Morgan fingerprint density at radius 3 is 2.32 bits per heavy atom. The van der Waals surface area contributed by atoms with Crippen molar-refractivity contribution < 1.29 is 4.79 Å². The van der Waals surface area contributed by atoms with Crippen molar-refractivity contribution in [2.45, 2.75) is 19.8 Å². The summed E-state index contributed by atoms with van der Waals surface area (Å²) >= 11 is 0. The topological polar surface area (TPSA) is 70.2 Å². The van der Waals surface area contributed by atoms with Crippen LogP contribution in [-0.4, -0.2) is 29.0 Å². The lowest BCUT2D eigenvalue weighted by molar-refractivity contribution is 0.102. The molecule has 3 aromatic rings. The van der Waals surface area contributed by atoms with Gasteiger partial charge in [0, 0.05) is 36.3 Å². The lowest BCUT2D eigenvalue weighted by atomic mass is 10.2. The van der Waals surface area contributed by atoms with Gasteiger partial charge in [-0.15, -0.1) is 0 Å². The third kappa shape index (κ3) is 4.28. The minimum Gasteiger partial charge on any atom is -0.372 e. The highest BCUT2D eigenvalue weighted by Crippen LogP contribution is 2.23. The second-order valence-electron chi connectivity index (χ2n) is 6.95. The number of carbonyl (C=O) groups excluding carboxylic acids is 1. The van der Waals surface area contributed by atoms with E-state index >= 15 is 0 Å². The van der Waals surface area contributed by atoms with Crippen molar-refractivity contribution >= 4 is 28.9 Å². The van der Waals surface area contributed by atoms with Crippen molar-refractivity contribution in [1.82, 2.24) is 9.97 Å². The summed E-state index contributed by atoms with van der Waals surface area (Å²) in [4.78, 5) is 23.4. The SMILES string of the molecule is Cc1ccc(NC(=O)c2ccnc(Nc3ccc(N4CCCC4)cc3)n2)cc1. The van der Waals surface area contributed by atoms with Gasteiger partial charge < -0.3 is 15.5 Å². The van der Waals surface area contributed by atoms with Gasteiger partial charge in [-0.1, -0.05) is 17.7 Å². The highest BCUT2D eigenvalue weighted by Gasteiger charge is 2.12. The fraction of sp³-hybridized carbons (Fsp3) is 0.227. The molecule has 1 aliphatic heterocycles. The van der Waals surface area contributed by atoms with Gasteiger partial charge in [-0.3, -0.25) is 4.79 Å². The van der Waals surface area contributed by atoms with Crippen LogP contribution in [-0.2, 0) is 0 Å². The van der Waals surface area contributed by atoms with Gasteiger partial charge in [-0.05, 0) is 62.2 Å². The van der Waals surface area contributed by atoms with E-state index in [2.05, 4.69) is 37.6 Å². The molecule has 0 radical (unpaired) electrons. The molecule has 1 aromatic heterocycles. The van der Waals surface area contributed by atoms with Crippen molar-refractivity contribution in [2.75, 3.05) is 28.6 Å². The van der Waals surface area contributed by atoms with E-state index in [9.17, 15) is 4.79 Å². The number of anilines is 4. The number of nitrogens with zero attached hydrogens (tertiary/aromatic N) is 3. The molecule has 2 aromatic carbocycles. The number of aromatic nitrogens is 2. The van der Waals surface area contributed by atoms with E-state index < -0.39 is 0 Å². The Balaban J connectivity index is 1.43. The van der Waals surface area contributed by atoms with Crippen LogP contribution in [0.4, 0.5) is 23.0 Å². The van der Waals surface area contributed by atoms with Crippen LogP contribution in [0.5, 0.6) is 0 Å². The Kier molecular flexibility index (Phi) is 5.19. The predicted octanol–water partition coefficient (Wildman–Crippen LogP) is 4.38. The van der Waals surface area contributed by atoms with Gasteiger partial charge in [0.25, 0.3) is 5.91 Å². The number of benzene rings is 2. The predicted molar refractivity (Wildman–Crippen MR) is 112 cm³/mol. The normalized spacial score (nSPS) is 13.4. The highest BCUT2D eigenvalue weighted by molar-refractivity contribution is 6.03. The van der Waals surface area contributed by atoms with Crippen LogP contribution in [0.3, 0.4) is 0 Å². The Hall–Kier alpha value is -3.41. The molecular formula is C22H23N5O. The quantitative estimate of drug-likeness (QED) is 0.694. The molecular weight excluding hydrogens is 350 g/mol. The molecule has 2 heterocycles. The molecule has 0 bridgehead atoms. The molecule has 6 heteroatoms. The van der Waals surface area contributed by atoms with Crippen LogP contribution in [0.15, 0.2) is 60.8 Å². The van der Waals surface area contributed by atoms with E-state index in [1.165, 1.54) is 18.5 Å². The fourth-order valence-corrected chi connectivity index (χ4v) is 3.24. The van der Waals surface area contributed by atoms with Crippen molar-refractivity contribution in [3.63, 3.8) is 0 Å². The van der Waals surface area contributed by atoms with Crippen LogP contribution in [0, 0.1) is 6.92 Å². The second kappa shape index (κ2) is 8.08. The summed E-state index contributed by atoms with van der Waals surface area (Å²) in [6.07, 6.45) is 4.09. The van der Waals surface area contributed by atoms with E-state index in [0.29, 0.717) is 11.6 Å². The van der Waals surface area contributed by atoms with E-state index in [0.717, 1.165) is 30.0 Å². The molecule has 0 spiro atoms. The van der Waals surface area contributed by atoms with E-state index in [1.54, 1.807) is 12.3 Å². The van der Waals surface area contributed by atoms with Gasteiger partial charge in [0.1, 0.15) is 5.69 Å². The zero-order valence-corrected chi connectivity index (χ0v) is 15.9. The highest BCUT2D eigenvalue weighted by atomic mass is 16.1. The number of amides is 1. The van der Waals surface area contributed by atoms with E-state index in [1.807, 2.05) is 43.3 Å². The fourth-order valence-electron chi connectivity index (χ4n) is 3.24.